The molecule has 0 saturated carbocycles. The van der Waals surface area contributed by atoms with Gasteiger partial charge in [-0.15, -0.1) is 0 Å². The predicted molar refractivity (Wildman–Crippen MR) is 56.3 cm³/mol. The van der Waals surface area contributed by atoms with Gasteiger partial charge in [0.15, 0.2) is 0 Å². The van der Waals surface area contributed by atoms with Crippen LogP contribution in [0.15, 0.2) is 10.8 Å². The lowest BCUT2D eigenvalue weighted by Gasteiger charge is -2.15. The molecule has 0 radical (unpaired) electrons. The number of rotatable bonds is 6. The van der Waals surface area contributed by atoms with E-state index in [-0.39, 0.29) is 17.0 Å². The summed E-state index contributed by atoms with van der Waals surface area (Å²) in [5.41, 5.74) is 0. The molecule has 1 atom stereocenters. The quantitative estimate of drug-likeness (QED) is 0.541. The zero-order valence-electron chi connectivity index (χ0n) is 8.20. The van der Waals surface area contributed by atoms with Crippen LogP contribution in [0.1, 0.15) is 13.8 Å². The highest BCUT2D eigenvalue weighted by molar-refractivity contribution is 7.48. The molecule has 1 unspecified atom stereocenters. The van der Waals surface area contributed by atoms with E-state index in [1.54, 1.807) is 0 Å². The summed E-state index contributed by atoms with van der Waals surface area (Å²) in [5.74, 6) is 0.220. The van der Waals surface area contributed by atoms with E-state index in [2.05, 4.69) is 9.05 Å². The van der Waals surface area contributed by atoms with Crippen molar-refractivity contribution in [3.63, 3.8) is 0 Å². The average Bonchev–Trinajstić information content (AvgIpc) is 2.11. The molecule has 0 fully saturated rings. The molecular weight excluding hydrogens is 250 g/mol. The summed E-state index contributed by atoms with van der Waals surface area (Å²) >= 11 is 10.5. The Morgan fingerprint density at radius 1 is 1.50 bits per heavy atom. The zero-order chi connectivity index (χ0) is 11.2. The third kappa shape index (κ3) is 6.68. The van der Waals surface area contributed by atoms with Crippen LogP contribution in [0.2, 0.25) is 0 Å². The fourth-order valence-corrected chi connectivity index (χ4v) is 1.65. The molecule has 4 nitrogen and oxygen atoms in total. The van der Waals surface area contributed by atoms with Crippen LogP contribution in [0.4, 0.5) is 0 Å². The Bertz CT molecular complexity index is 238. The van der Waals surface area contributed by atoms with Gasteiger partial charge in [0.2, 0.25) is 0 Å². The van der Waals surface area contributed by atoms with E-state index in [4.69, 9.17) is 27.7 Å². The minimum Gasteiger partial charge on any atom is -0.409 e. The van der Waals surface area contributed by atoms with E-state index in [1.165, 1.54) is 7.11 Å². The van der Waals surface area contributed by atoms with E-state index >= 15 is 0 Å². The molecule has 0 bridgehead atoms. The van der Waals surface area contributed by atoms with E-state index in [9.17, 15) is 4.57 Å². The number of phosphoric acid groups is 1. The van der Waals surface area contributed by atoms with Gasteiger partial charge >= 0.3 is 7.82 Å². The fourth-order valence-electron chi connectivity index (χ4n) is 0.471. The van der Waals surface area contributed by atoms with Gasteiger partial charge in [-0.05, 0) is 5.92 Å². The Morgan fingerprint density at radius 2 is 2.07 bits per heavy atom. The lowest BCUT2D eigenvalue weighted by molar-refractivity contribution is 0.150. The zero-order valence-corrected chi connectivity index (χ0v) is 10.6. The topological polar surface area (TPSA) is 44.8 Å². The lowest BCUT2D eigenvalue weighted by atomic mass is 10.2. The van der Waals surface area contributed by atoms with E-state index in [0.29, 0.717) is 0 Å². The van der Waals surface area contributed by atoms with Crippen molar-refractivity contribution < 1.29 is 18.1 Å². The van der Waals surface area contributed by atoms with Crippen LogP contribution in [-0.4, -0.2) is 13.7 Å². The second-order valence-electron chi connectivity index (χ2n) is 2.83. The molecular formula is C7H13Cl2O4P. The summed E-state index contributed by atoms with van der Waals surface area (Å²) in [6.45, 7) is 4.08. The Hall–Kier alpha value is 0.270. The van der Waals surface area contributed by atoms with Gasteiger partial charge in [-0.25, -0.2) is 4.57 Å². The van der Waals surface area contributed by atoms with Gasteiger partial charge < -0.3 is 4.52 Å². The van der Waals surface area contributed by atoms with Gasteiger partial charge in [0.1, 0.15) is 10.8 Å². The maximum Gasteiger partial charge on any atom is 0.529 e. The van der Waals surface area contributed by atoms with Crippen molar-refractivity contribution in [2.75, 3.05) is 13.7 Å². The summed E-state index contributed by atoms with van der Waals surface area (Å²) in [4.78, 5) is 0. The summed E-state index contributed by atoms with van der Waals surface area (Å²) < 4.78 is 25.6. The number of hydrogen-bond donors (Lipinski definition) is 0. The molecule has 0 aromatic rings. The molecule has 0 heterocycles. The molecule has 0 spiro atoms. The average molecular weight is 263 g/mol. The molecule has 0 N–H and O–H groups in total. The van der Waals surface area contributed by atoms with Gasteiger partial charge in [0.25, 0.3) is 0 Å². The first-order valence-electron chi connectivity index (χ1n) is 3.89. The summed E-state index contributed by atoms with van der Waals surface area (Å²) in [5, 5.41) is 0. The Labute approximate surface area is 93.7 Å². The Morgan fingerprint density at radius 3 is 2.43 bits per heavy atom. The summed E-state index contributed by atoms with van der Waals surface area (Å²) in [6, 6.07) is 0. The molecule has 0 aliphatic rings. The minimum absolute atomic E-state index is 0.157. The monoisotopic (exact) mass is 262 g/mol. The third-order valence-electron chi connectivity index (χ3n) is 1.06. The van der Waals surface area contributed by atoms with Gasteiger partial charge in [-0.1, -0.05) is 37.0 Å². The van der Waals surface area contributed by atoms with Crippen LogP contribution in [-0.2, 0) is 18.1 Å². The first-order valence-corrected chi connectivity index (χ1v) is 6.11. The standard InChI is InChI=1S/C7H13Cl2O4P/c1-6(2)4-12-14(10,11-3)13-5-7(8)9/h5-6H,4H2,1-3H3. The van der Waals surface area contributed by atoms with Crippen LogP contribution in [0.25, 0.3) is 0 Å². The van der Waals surface area contributed by atoms with E-state index < -0.39 is 7.82 Å². The SMILES string of the molecule is COP(=O)(OC=C(Cl)Cl)OCC(C)C. The first-order chi connectivity index (χ1) is 6.39. The third-order valence-corrected chi connectivity index (χ3v) is 2.51. The molecule has 0 aromatic carbocycles. The Kier molecular flexibility index (Phi) is 6.83. The largest absolute Gasteiger partial charge is 0.529 e. The molecule has 0 saturated heterocycles. The van der Waals surface area contributed by atoms with Crippen molar-refractivity contribution in [1.82, 2.24) is 0 Å². The smallest absolute Gasteiger partial charge is 0.409 e. The van der Waals surface area contributed by atoms with Crippen LogP contribution >= 0.6 is 31.0 Å². The molecule has 0 rings (SSSR count). The number of phosphoric ester groups is 1. The molecule has 0 aromatic heterocycles. The molecule has 84 valence electrons. The minimum atomic E-state index is -3.55. The van der Waals surface area contributed by atoms with Crippen molar-refractivity contribution in [2.45, 2.75) is 13.8 Å². The van der Waals surface area contributed by atoms with Gasteiger partial charge in [0, 0.05) is 7.11 Å². The number of hydrogen-bond acceptors (Lipinski definition) is 4. The van der Waals surface area contributed by atoms with Crippen LogP contribution in [0, 0.1) is 5.92 Å². The highest BCUT2D eigenvalue weighted by Crippen LogP contribution is 2.49. The van der Waals surface area contributed by atoms with Crippen molar-refractivity contribution in [3.8, 4) is 0 Å². The lowest BCUT2D eigenvalue weighted by Crippen LogP contribution is -2.02. The van der Waals surface area contributed by atoms with Gasteiger partial charge in [-0.2, -0.15) is 0 Å². The molecule has 0 amide bonds. The molecule has 0 aliphatic heterocycles. The maximum atomic E-state index is 11.6. The second-order valence-corrected chi connectivity index (χ2v) is 5.57. The highest BCUT2D eigenvalue weighted by Gasteiger charge is 2.25. The molecule has 7 heteroatoms. The summed E-state index contributed by atoms with van der Waals surface area (Å²) in [6.07, 6.45) is 0.910. The van der Waals surface area contributed by atoms with E-state index in [0.717, 1.165) is 6.26 Å². The fraction of sp³-hybridized carbons (Fsp3) is 0.714. The van der Waals surface area contributed by atoms with Crippen molar-refractivity contribution >= 4 is 31.0 Å². The summed E-state index contributed by atoms with van der Waals surface area (Å²) in [7, 11) is -2.33. The molecule has 0 aliphatic carbocycles. The van der Waals surface area contributed by atoms with Gasteiger partial charge in [0.05, 0.1) is 6.61 Å². The first kappa shape index (κ1) is 14.3. The maximum absolute atomic E-state index is 11.6. The van der Waals surface area contributed by atoms with E-state index in [1.807, 2.05) is 13.8 Å². The van der Waals surface area contributed by atoms with Crippen molar-refractivity contribution in [3.05, 3.63) is 10.8 Å². The van der Waals surface area contributed by atoms with Crippen molar-refractivity contribution in [2.24, 2.45) is 5.92 Å². The normalized spacial score (nSPS) is 15.0. The predicted octanol–water partition coefficient (Wildman–Crippen LogP) is 3.71. The van der Waals surface area contributed by atoms with Crippen LogP contribution in [0.5, 0.6) is 0 Å². The Balaban J connectivity index is 4.19. The van der Waals surface area contributed by atoms with Gasteiger partial charge in [-0.3, -0.25) is 9.05 Å². The number of halogens is 2. The second kappa shape index (κ2) is 6.70. The van der Waals surface area contributed by atoms with Crippen LogP contribution < -0.4 is 0 Å². The highest BCUT2D eigenvalue weighted by atomic mass is 35.5. The molecule has 14 heavy (non-hydrogen) atoms. The van der Waals surface area contributed by atoms with Crippen molar-refractivity contribution in [1.29, 1.82) is 0 Å². The van der Waals surface area contributed by atoms with Crippen LogP contribution in [0.3, 0.4) is 0 Å².